The number of hydrogen-bond acceptors (Lipinski definition) is 8. The highest BCUT2D eigenvalue weighted by Crippen LogP contribution is 2.23. The summed E-state index contributed by atoms with van der Waals surface area (Å²) in [6, 6.07) is 8.26. The summed E-state index contributed by atoms with van der Waals surface area (Å²) in [5.74, 6) is 0.448. The van der Waals surface area contributed by atoms with Crippen molar-refractivity contribution in [3.05, 3.63) is 67.3 Å². The number of hydrazone groups is 1. The molecule has 29 heavy (non-hydrogen) atoms. The van der Waals surface area contributed by atoms with E-state index in [1.54, 1.807) is 17.2 Å². The first-order chi connectivity index (χ1) is 14.0. The molecule has 4 rings (SSSR count). The van der Waals surface area contributed by atoms with Crippen molar-refractivity contribution in [2.24, 2.45) is 10.1 Å². The van der Waals surface area contributed by atoms with E-state index in [0.29, 0.717) is 27.2 Å². The number of carbonyl (C=O) groups excluding carboxylic acids is 1. The van der Waals surface area contributed by atoms with Crippen LogP contribution in [0.5, 0.6) is 0 Å². The third kappa shape index (κ3) is 3.83. The van der Waals surface area contributed by atoms with Crippen LogP contribution >= 0.6 is 27.7 Å². The number of furan rings is 1. The predicted molar refractivity (Wildman–Crippen MR) is 112 cm³/mol. The maximum absolute atomic E-state index is 12.8. The minimum atomic E-state index is -0.610. The Labute approximate surface area is 177 Å². The van der Waals surface area contributed by atoms with Gasteiger partial charge in [-0.1, -0.05) is 34.6 Å². The average Bonchev–Trinajstić information content (AvgIpc) is 3.16. The number of amides is 1. The zero-order chi connectivity index (χ0) is 20.5. The van der Waals surface area contributed by atoms with Crippen molar-refractivity contribution in [2.45, 2.75) is 13.1 Å². The van der Waals surface area contributed by atoms with E-state index in [4.69, 9.17) is 4.42 Å². The number of nitrogens with one attached hydrogen (secondary N) is 1. The van der Waals surface area contributed by atoms with Crippen molar-refractivity contribution in [3.63, 3.8) is 0 Å². The first-order valence-corrected chi connectivity index (χ1v) is 10.4. The first-order valence-electron chi connectivity index (χ1n) is 8.58. The van der Waals surface area contributed by atoms with Crippen molar-refractivity contribution in [1.29, 1.82) is 0 Å². The standard InChI is InChI=1S/C18H14BrN5O4S/c1-2-29-18-21-17(25)16-12-9-10(19)3-6-13(12)20-14(23(16)22-18)7-4-11-5-8-15(28-11)24(26)27/h3-9,14H,2H2,1H3,(H,21,22,25)/b7-4+/t14-/m0/s1. The number of thioether (sulfide) groups is 1. The van der Waals surface area contributed by atoms with Crippen LogP contribution in [0.1, 0.15) is 12.7 Å². The van der Waals surface area contributed by atoms with Gasteiger partial charge in [-0.05, 0) is 42.2 Å². The Balaban J connectivity index is 1.80. The molecule has 1 aromatic heterocycles. The van der Waals surface area contributed by atoms with Crippen LogP contribution in [0.25, 0.3) is 11.8 Å². The Kier molecular flexibility index (Phi) is 5.24. The number of halogens is 1. The maximum Gasteiger partial charge on any atom is 0.433 e. The van der Waals surface area contributed by atoms with E-state index < -0.39 is 11.1 Å². The number of rotatable bonds is 4. The van der Waals surface area contributed by atoms with Crippen molar-refractivity contribution in [3.8, 4) is 0 Å². The predicted octanol–water partition coefficient (Wildman–Crippen LogP) is 2.19. The summed E-state index contributed by atoms with van der Waals surface area (Å²) in [5.41, 5.74) is 0.386. The molecule has 0 saturated carbocycles. The number of nitro groups is 1. The molecule has 2 aromatic rings. The largest absolute Gasteiger partial charge is 0.433 e. The molecular formula is C18H14BrN5O4S. The highest BCUT2D eigenvalue weighted by molar-refractivity contribution is 9.10. The van der Waals surface area contributed by atoms with Crippen LogP contribution in [0.4, 0.5) is 5.88 Å². The summed E-state index contributed by atoms with van der Waals surface area (Å²) in [6.45, 7) is 1.97. The van der Waals surface area contributed by atoms with Gasteiger partial charge in [0.05, 0.1) is 11.4 Å². The second-order valence-electron chi connectivity index (χ2n) is 5.98. The van der Waals surface area contributed by atoms with Gasteiger partial charge < -0.3 is 4.42 Å². The Bertz CT molecular complexity index is 1190. The lowest BCUT2D eigenvalue weighted by Crippen LogP contribution is -2.52. The minimum absolute atomic E-state index is 0.266. The van der Waals surface area contributed by atoms with Gasteiger partial charge in [-0.25, -0.2) is 5.01 Å². The number of benzene rings is 1. The van der Waals surface area contributed by atoms with Gasteiger partial charge >= 0.3 is 5.88 Å². The molecule has 148 valence electrons. The molecule has 1 amide bonds. The zero-order valence-corrected chi connectivity index (χ0v) is 17.4. The summed E-state index contributed by atoms with van der Waals surface area (Å²) in [5, 5.41) is 21.5. The molecule has 2 aliphatic rings. The topological polar surface area (TPSA) is 113 Å². The van der Waals surface area contributed by atoms with Gasteiger partial charge in [-0.3, -0.25) is 25.2 Å². The molecule has 0 saturated heterocycles. The quantitative estimate of drug-likeness (QED) is 0.535. The van der Waals surface area contributed by atoms with E-state index in [1.165, 1.54) is 23.9 Å². The molecule has 11 heteroatoms. The van der Waals surface area contributed by atoms with Crippen LogP contribution in [0.15, 0.2) is 55.4 Å². The van der Waals surface area contributed by atoms with Gasteiger partial charge in [0.1, 0.15) is 16.4 Å². The number of amidine groups is 1. The summed E-state index contributed by atoms with van der Waals surface area (Å²) in [4.78, 5) is 27.7. The normalized spacial score (nSPS) is 18.1. The van der Waals surface area contributed by atoms with Crippen LogP contribution in [-0.2, 0) is 4.79 Å². The third-order valence-electron chi connectivity index (χ3n) is 4.11. The van der Waals surface area contributed by atoms with E-state index in [9.17, 15) is 14.9 Å². The Morgan fingerprint density at radius 1 is 1.41 bits per heavy atom. The molecule has 3 heterocycles. The molecule has 2 aliphatic heterocycles. The summed E-state index contributed by atoms with van der Waals surface area (Å²) in [7, 11) is 0. The second-order valence-corrected chi connectivity index (χ2v) is 8.15. The molecule has 0 aliphatic carbocycles. The molecule has 0 unspecified atom stereocenters. The highest BCUT2D eigenvalue weighted by atomic mass is 79.9. The molecule has 0 radical (unpaired) electrons. The number of hydrogen-bond donors (Lipinski definition) is 1. The van der Waals surface area contributed by atoms with E-state index in [2.05, 4.69) is 31.3 Å². The third-order valence-corrected chi connectivity index (χ3v) is 5.34. The van der Waals surface area contributed by atoms with Gasteiger partial charge in [0.15, 0.2) is 11.3 Å². The van der Waals surface area contributed by atoms with E-state index >= 15 is 0 Å². The van der Waals surface area contributed by atoms with Crippen molar-refractivity contribution < 1.29 is 14.1 Å². The van der Waals surface area contributed by atoms with Crippen LogP contribution in [0.3, 0.4) is 0 Å². The molecular weight excluding hydrogens is 462 g/mol. The van der Waals surface area contributed by atoms with Crippen molar-refractivity contribution >= 4 is 56.4 Å². The van der Waals surface area contributed by atoms with E-state index in [1.807, 2.05) is 25.1 Å². The second kappa shape index (κ2) is 7.84. The first kappa shape index (κ1) is 19.4. The molecule has 0 spiro atoms. The highest BCUT2D eigenvalue weighted by Gasteiger charge is 2.32. The molecule has 0 bridgehead atoms. The maximum atomic E-state index is 12.8. The summed E-state index contributed by atoms with van der Waals surface area (Å²) in [6.07, 6.45) is 2.66. The Morgan fingerprint density at radius 2 is 2.24 bits per heavy atom. The molecule has 1 atom stereocenters. The van der Waals surface area contributed by atoms with Crippen LogP contribution in [0, 0.1) is 10.1 Å². The lowest BCUT2D eigenvalue weighted by molar-refractivity contribution is -0.402. The lowest BCUT2D eigenvalue weighted by atomic mass is 10.1. The molecule has 1 N–H and O–H groups in total. The SMILES string of the molecule is CCSC1=NN2C(=c3cc(Br)ccc3=N[C@@H]2/C=C/c2ccc([N+](=O)[O-])o2)C(=O)N1. The van der Waals surface area contributed by atoms with Crippen molar-refractivity contribution in [1.82, 2.24) is 10.3 Å². The Morgan fingerprint density at radius 3 is 2.97 bits per heavy atom. The fourth-order valence-corrected chi connectivity index (χ4v) is 3.86. The van der Waals surface area contributed by atoms with Gasteiger partial charge in [-0.2, -0.15) is 0 Å². The monoisotopic (exact) mass is 475 g/mol. The fourth-order valence-electron chi connectivity index (χ4n) is 2.92. The summed E-state index contributed by atoms with van der Waals surface area (Å²) < 4.78 is 5.98. The van der Waals surface area contributed by atoms with Gasteiger partial charge in [0.2, 0.25) is 0 Å². The minimum Gasteiger partial charge on any atom is -0.401 e. The van der Waals surface area contributed by atoms with Gasteiger partial charge in [0, 0.05) is 9.69 Å². The Hall–Kier alpha value is -2.92. The number of carbonyl (C=O) groups is 1. The van der Waals surface area contributed by atoms with Crippen LogP contribution in [-0.4, -0.2) is 32.9 Å². The van der Waals surface area contributed by atoms with E-state index in [0.717, 1.165) is 10.2 Å². The molecule has 0 fully saturated rings. The van der Waals surface area contributed by atoms with Crippen molar-refractivity contribution in [2.75, 3.05) is 5.75 Å². The molecule has 9 nitrogen and oxygen atoms in total. The zero-order valence-electron chi connectivity index (χ0n) is 15.0. The number of fused-ring (bicyclic) bond motifs is 2. The molecule has 1 aromatic carbocycles. The van der Waals surface area contributed by atoms with Gasteiger partial charge in [0.25, 0.3) is 5.91 Å². The van der Waals surface area contributed by atoms with Crippen LogP contribution in [0.2, 0.25) is 0 Å². The van der Waals surface area contributed by atoms with Gasteiger partial charge in [-0.15, -0.1) is 5.10 Å². The fraction of sp³-hybridized carbons (Fsp3) is 0.167. The average molecular weight is 476 g/mol. The van der Waals surface area contributed by atoms with Crippen LogP contribution < -0.4 is 15.9 Å². The lowest BCUT2D eigenvalue weighted by Gasteiger charge is -2.32. The summed E-state index contributed by atoms with van der Waals surface area (Å²) >= 11 is 4.84. The number of nitrogens with zero attached hydrogens (tertiary/aromatic N) is 4. The smallest absolute Gasteiger partial charge is 0.401 e. The van der Waals surface area contributed by atoms with E-state index in [-0.39, 0.29) is 11.8 Å².